The van der Waals surface area contributed by atoms with Gasteiger partial charge in [0.05, 0.1) is 13.2 Å². The van der Waals surface area contributed by atoms with Crippen molar-refractivity contribution in [3.8, 4) is 22.6 Å². The van der Waals surface area contributed by atoms with Gasteiger partial charge in [-0.15, -0.1) is 0 Å². The third-order valence-corrected chi connectivity index (χ3v) is 7.03. The Kier molecular flexibility index (Phi) is 8.37. The fourth-order valence-electron chi connectivity index (χ4n) is 5.09. The molecule has 1 aliphatic rings. The molecule has 1 saturated carbocycles. The first-order valence-electron chi connectivity index (χ1n) is 12.6. The average Bonchev–Trinajstić information content (AvgIpc) is 2.87. The van der Waals surface area contributed by atoms with Crippen LogP contribution in [0, 0.1) is 23.4 Å². The first-order chi connectivity index (χ1) is 17.0. The molecule has 0 unspecified atom stereocenters. The van der Waals surface area contributed by atoms with E-state index in [2.05, 4.69) is 0 Å². The number of aryl methyl sites for hydroxylation is 1. The van der Waals surface area contributed by atoms with E-state index in [9.17, 15) is 13.2 Å². The molecule has 35 heavy (non-hydrogen) atoms. The van der Waals surface area contributed by atoms with E-state index in [1.54, 1.807) is 48.5 Å². The van der Waals surface area contributed by atoms with E-state index in [4.69, 9.17) is 9.47 Å². The zero-order valence-corrected chi connectivity index (χ0v) is 20.5. The molecule has 3 aromatic rings. The van der Waals surface area contributed by atoms with E-state index in [0.717, 1.165) is 37.7 Å². The summed E-state index contributed by atoms with van der Waals surface area (Å²) in [5.74, 6) is -0.0598. The fraction of sp³-hybridized carbons (Fsp3) is 0.400. The van der Waals surface area contributed by atoms with Crippen molar-refractivity contribution in [2.24, 2.45) is 5.92 Å². The smallest absolute Gasteiger partial charge is 0.166 e. The van der Waals surface area contributed by atoms with Gasteiger partial charge in [-0.3, -0.25) is 0 Å². The van der Waals surface area contributed by atoms with Crippen LogP contribution >= 0.6 is 0 Å². The van der Waals surface area contributed by atoms with Crippen molar-refractivity contribution in [1.29, 1.82) is 0 Å². The van der Waals surface area contributed by atoms with Crippen molar-refractivity contribution >= 4 is 0 Å². The minimum atomic E-state index is -0.798. The number of ether oxygens (including phenoxy) is 2. The van der Waals surface area contributed by atoms with Gasteiger partial charge in [0.1, 0.15) is 5.75 Å². The van der Waals surface area contributed by atoms with Gasteiger partial charge < -0.3 is 9.47 Å². The molecule has 0 amide bonds. The van der Waals surface area contributed by atoms with Crippen LogP contribution in [0.15, 0.2) is 54.6 Å². The summed E-state index contributed by atoms with van der Waals surface area (Å²) in [6.07, 6.45) is 5.31. The summed E-state index contributed by atoms with van der Waals surface area (Å²) in [6.45, 7) is 4.73. The van der Waals surface area contributed by atoms with Crippen LogP contribution in [0.4, 0.5) is 13.2 Å². The van der Waals surface area contributed by atoms with E-state index in [1.807, 2.05) is 19.9 Å². The average molecular weight is 483 g/mol. The van der Waals surface area contributed by atoms with Crippen molar-refractivity contribution in [3.05, 3.63) is 83.2 Å². The predicted molar refractivity (Wildman–Crippen MR) is 134 cm³/mol. The molecule has 186 valence electrons. The standard InChI is InChI=1S/C30H33F3O2/c1-3-34-25-15-11-22(12-16-25)26-17-13-23(29(32)30(26)33)10-7-20-5-8-21(9-6-20)24-14-18-28(35-4-2)27(31)19-24/h11-21H,3-10H2,1-2H3. The zero-order chi connectivity index (χ0) is 24.8. The molecular weight excluding hydrogens is 449 g/mol. The molecule has 0 atom stereocenters. The molecule has 4 rings (SSSR count). The van der Waals surface area contributed by atoms with E-state index < -0.39 is 11.6 Å². The zero-order valence-electron chi connectivity index (χ0n) is 20.5. The molecule has 5 heteroatoms. The highest BCUT2D eigenvalue weighted by molar-refractivity contribution is 5.65. The Morgan fingerprint density at radius 2 is 1.49 bits per heavy atom. The Labute approximate surface area is 206 Å². The Bertz CT molecular complexity index is 1120. The molecule has 1 aliphatic carbocycles. The lowest BCUT2D eigenvalue weighted by molar-refractivity contribution is 0.306. The van der Waals surface area contributed by atoms with Crippen LogP contribution in [0.3, 0.4) is 0 Å². The van der Waals surface area contributed by atoms with E-state index in [0.29, 0.717) is 54.1 Å². The van der Waals surface area contributed by atoms with Crippen LogP contribution < -0.4 is 9.47 Å². The molecule has 0 aromatic heterocycles. The predicted octanol–water partition coefficient (Wildman–Crippen LogP) is 8.47. The van der Waals surface area contributed by atoms with Gasteiger partial charge in [-0.1, -0.05) is 30.3 Å². The molecule has 0 N–H and O–H groups in total. The molecule has 0 radical (unpaired) electrons. The Hall–Kier alpha value is -2.95. The summed E-state index contributed by atoms with van der Waals surface area (Å²) in [4.78, 5) is 0. The monoisotopic (exact) mass is 482 g/mol. The number of hydrogen-bond donors (Lipinski definition) is 0. The minimum absolute atomic E-state index is 0.261. The second-order valence-corrected chi connectivity index (χ2v) is 9.24. The molecular formula is C30H33F3O2. The normalized spacial score (nSPS) is 17.9. The number of hydrogen-bond acceptors (Lipinski definition) is 2. The molecule has 1 fully saturated rings. The Balaban J connectivity index is 1.33. The third kappa shape index (κ3) is 6.01. The van der Waals surface area contributed by atoms with Gasteiger partial charge in [0.25, 0.3) is 0 Å². The summed E-state index contributed by atoms with van der Waals surface area (Å²) in [7, 11) is 0. The second-order valence-electron chi connectivity index (χ2n) is 9.24. The largest absolute Gasteiger partial charge is 0.494 e. The first kappa shape index (κ1) is 25.2. The topological polar surface area (TPSA) is 18.5 Å². The van der Waals surface area contributed by atoms with Crippen LogP contribution in [0.5, 0.6) is 11.5 Å². The quantitative estimate of drug-likeness (QED) is 0.304. The van der Waals surface area contributed by atoms with E-state index >= 15 is 0 Å². The Morgan fingerprint density at radius 3 is 2.14 bits per heavy atom. The van der Waals surface area contributed by atoms with Crippen molar-refractivity contribution < 1.29 is 22.6 Å². The van der Waals surface area contributed by atoms with Gasteiger partial charge in [0, 0.05) is 5.56 Å². The molecule has 3 aromatic carbocycles. The van der Waals surface area contributed by atoms with Gasteiger partial charge in [-0.05, 0) is 105 Å². The third-order valence-electron chi connectivity index (χ3n) is 7.03. The van der Waals surface area contributed by atoms with Crippen LogP contribution in [0.2, 0.25) is 0 Å². The van der Waals surface area contributed by atoms with Gasteiger partial charge in [0.15, 0.2) is 23.2 Å². The Morgan fingerprint density at radius 1 is 0.771 bits per heavy atom. The fourth-order valence-corrected chi connectivity index (χ4v) is 5.09. The van der Waals surface area contributed by atoms with Gasteiger partial charge in [-0.2, -0.15) is 0 Å². The molecule has 0 heterocycles. The number of rotatable bonds is 9. The highest BCUT2D eigenvalue weighted by Crippen LogP contribution is 2.39. The van der Waals surface area contributed by atoms with Crippen molar-refractivity contribution in [2.75, 3.05) is 13.2 Å². The lowest BCUT2D eigenvalue weighted by atomic mass is 9.77. The van der Waals surface area contributed by atoms with Crippen LogP contribution in [0.1, 0.15) is 63.0 Å². The van der Waals surface area contributed by atoms with Crippen molar-refractivity contribution in [2.45, 2.75) is 58.3 Å². The first-order valence-corrected chi connectivity index (χ1v) is 12.6. The van der Waals surface area contributed by atoms with Crippen LogP contribution in [-0.4, -0.2) is 13.2 Å². The van der Waals surface area contributed by atoms with E-state index in [1.165, 1.54) is 0 Å². The maximum atomic E-state index is 14.9. The summed E-state index contributed by atoms with van der Waals surface area (Å²) in [5, 5.41) is 0. The molecule has 0 bridgehead atoms. The summed E-state index contributed by atoms with van der Waals surface area (Å²) in [5.41, 5.74) is 2.33. The number of halogens is 3. The lowest BCUT2D eigenvalue weighted by Crippen LogP contribution is -2.14. The summed E-state index contributed by atoms with van der Waals surface area (Å²) >= 11 is 0. The highest BCUT2D eigenvalue weighted by Gasteiger charge is 2.24. The highest BCUT2D eigenvalue weighted by atomic mass is 19.2. The maximum Gasteiger partial charge on any atom is 0.166 e. The molecule has 2 nitrogen and oxygen atoms in total. The summed E-state index contributed by atoms with van der Waals surface area (Å²) in [6, 6.07) is 15.7. The van der Waals surface area contributed by atoms with Crippen molar-refractivity contribution in [1.82, 2.24) is 0 Å². The second kappa shape index (κ2) is 11.7. The van der Waals surface area contributed by atoms with Crippen LogP contribution in [0.25, 0.3) is 11.1 Å². The van der Waals surface area contributed by atoms with Gasteiger partial charge in [-0.25, -0.2) is 13.2 Å². The summed E-state index contributed by atoms with van der Waals surface area (Å²) < 4.78 is 54.7. The van der Waals surface area contributed by atoms with Gasteiger partial charge >= 0.3 is 0 Å². The van der Waals surface area contributed by atoms with Crippen LogP contribution in [-0.2, 0) is 6.42 Å². The van der Waals surface area contributed by atoms with Crippen molar-refractivity contribution in [3.63, 3.8) is 0 Å². The van der Waals surface area contributed by atoms with E-state index in [-0.39, 0.29) is 11.4 Å². The molecule has 0 aliphatic heterocycles. The number of benzene rings is 3. The van der Waals surface area contributed by atoms with Gasteiger partial charge in [0.2, 0.25) is 0 Å². The SMILES string of the molecule is CCOc1ccc(-c2ccc(CCC3CCC(c4ccc(OCC)c(F)c4)CC3)c(F)c2F)cc1. The maximum absolute atomic E-state index is 14.9. The molecule has 0 spiro atoms. The molecule has 0 saturated heterocycles. The minimum Gasteiger partial charge on any atom is -0.494 e. The lowest BCUT2D eigenvalue weighted by Gasteiger charge is -2.29.